The van der Waals surface area contributed by atoms with Crippen LogP contribution in [0.15, 0.2) is 30.5 Å². The third-order valence-electron chi connectivity index (χ3n) is 2.98. The quantitative estimate of drug-likeness (QED) is 0.880. The molecule has 3 heteroatoms. The van der Waals surface area contributed by atoms with Gasteiger partial charge in [0.2, 0.25) is 0 Å². The highest BCUT2D eigenvalue weighted by atomic mass is 16.5. The highest BCUT2D eigenvalue weighted by Gasteiger charge is 2.11. The van der Waals surface area contributed by atoms with Crippen LogP contribution in [-0.2, 0) is 6.54 Å². The second kappa shape index (κ2) is 4.41. The van der Waals surface area contributed by atoms with Gasteiger partial charge in [0.05, 0.1) is 7.11 Å². The first-order valence-corrected chi connectivity index (χ1v) is 5.91. The lowest BCUT2D eigenvalue weighted by Gasteiger charge is -2.18. The Kier molecular flexibility index (Phi) is 3.11. The van der Waals surface area contributed by atoms with Crippen LogP contribution in [0.4, 0.5) is 0 Å². The topological polar surface area (TPSA) is 40.2 Å². The minimum atomic E-state index is -0.122. The van der Waals surface area contributed by atoms with Gasteiger partial charge in [-0.2, -0.15) is 0 Å². The van der Waals surface area contributed by atoms with Gasteiger partial charge in [-0.25, -0.2) is 0 Å². The van der Waals surface area contributed by atoms with Crippen LogP contribution in [0.5, 0.6) is 5.75 Å². The van der Waals surface area contributed by atoms with E-state index >= 15 is 0 Å². The Morgan fingerprint density at radius 2 is 2.06 bits per heavy atom. The van der Waals surface area contributed by atoms with Crippen molar-refractivity contribution in [3.05, 3.63) is 30.5 Å². The van der Waals surface area contributed by atoms with Crippen molar-refractivity contribution in [3.8, 4) is 5.75 Å². The largest absolute Gasteiger partial charge is 0.497 e. The summed E-state index contributed by atoms with van der Waals surface area (Å²) >= 11 is 0. The molecule has 92 valence electrons. The molecular formula is C14H20N2O. The number of benzene rings is 1. The molecule has 1 aromatic carbocycles. The smallest absolute Gasteiger partial charge is 0.119 e. The molecule has 0 spiro atoms. The van der Waals surface area contributed by atoms with E-state index in [1.807, 2.05) is 6.07 Å². The predicted molar refractivity (Wildman–Crippen MR) is 71.4 cm³/mol. The molecule has 0 aliphatic heterocycles. The molecule has 0 radical (unpaired) electrons. The van der Waals surface area contributed by atoms with E-state index in [9.17, 15) is 0 Å². The molecule has 0 saturated heterocycles. The van der Waals surface area contributed by atoms with Crippen LogP contribution < -0.4 is 10.5 Å². The number of ether oxygens (including phenoxy) is 1. The molecule has 2 aromatic rings. The van der Waals surface area contributed by atoms with Crippen molar-refractivity contribution >= 4 is 10.9 Å². The Bertz CT molecular complexity index is 508. The number of hydrogen-bond donors (Lipinski definition) is 1. The van der Waals surface area contributed by atoms with E-state index in [2.05, 4.69) is 42.8 Å². The number of nitrogens with two attached hydrogens (primary N) is 1. The lowest BCUT2D eigenvalue weighted by Crippen LogP contribution is -2.33. The monoisotopic (exact) mass is 232 g/mol. The Morgan fingerprint density at radius 3 is 2.71 bits per heavy atom. The number of fused-ring (bicyclic) bond motifs is 1. The third-order valence-corrected chi connectivity index (χ3v) is 2.98. The van der Waals surface area contributed by atoms with Crippen molar-refractivity contribution in [2.45, 2.75) is 32.4 Å². The molecular weight excluding hydrogens is 212 g/mol. The predicted octanol–water partition coefficient (Wildman–Crippen LogP) is 2.78. The number of nitrogens with zero attached hydrogens (tertiary/aromatic N) is 1. The Hall–Kier alpha value is -1.48. The molecule has 0 aliphatic carbocycles. The fraction of sp³-hybridized carbons (Fsp3) is 0.429. The van der Waals surface area contributed by atoms with Crippen LogP contribution in [0, 0.1) is 0 Å². The van der Waals surface area contributed by atoms with Gasteiger partial charge in [0, 0.05) is 29.2 Å². The number of aromatic nitrogens is 1. The third kappa shape index (κ3) is 2.80. The summed E-state index contributed by atoms with van der Waals surface area (Å²) in [5, 5.41) is 1.21. The lowest BCUT2D eigenvalue weighted by molar-refractivity contribution is 0.415. The number of methoxy groups -OCH3 is 1. The summed E-state index contributed by atoms with van der Waals surface area (Å²) in [4.78, 5) is 0. The van der Waals surface area contributed by atoms with Gasteiger partial charge in [-0.15, -0.1) is 0 Å². The van der Waals surface area contributed by atoms with Gasteiger partial charge in [0.1, 0.15) is 5.75 Å². The SMILES string of the molecule is COc1ccc2c(ccn2CCC(C)(C)N)c1. The summed E-state index contributed by atoms with van der Waals surface area (Å²) in [5.74, 6) is 0.898. The minimum absolute atomic E-state index is 0.122. The molecule has 2 N–H and O–H groups in total. The van der Waals surface area contributed by atoms with Crippen LogP contribution in [0.1, 0.15) is 20.3 Å². The molecule has 0 fully saturated rings. The maximum atomic E-state index is 6.01. The van der Waals surface area contributed by atoms with Gasteiger partial charge in [0.25, 0.3) is 0 Å². The standard InChI is InChI=1S/C14H20N2O/c1-14(2,15)7-9-16-8-6-11-10-12(17-3)4-5-13(11)16/h4-6,8,10H,7,9,15H2,1-3H3. The highest BCUT2D eigenvalue weighted by Crippen LogP contribution is 2.22. The summed E-state index contributed by atoms with van der Waals surface area (Å²) < 4.78 is 7.46. The average Bonchev–Trinajstić information content (AvgIpc) is 2.67. The first-order valence-electron chi connectivity index (χ1n) is 5.91. The number of hydrogen-bond acceptors (Lipinski definition) is 2. The first-order chi connectivity index (χ1) is 7.99. The van der Waals surface area contributed by atoms with Crippen LogP contribution in [0.2, 0.25) is 0 Å². The van der Waals surface area contributed by atoms with Crippen LogP contribution in [0.3, 0.4) is 0 Å². The number of aryl methyl sites for hydroxylation is 1. The van der Waals surface area contributed by atoms with E-state index in [1.165, 1.54) is 10.9 Å². The Balaban J connectivity index is 2.24. The molecule has 1 heterocycles. The summed E-state index contributed by atoms with van der Waals surface area (Å²) in [7, 11) is 1.69. The van der Waals surface area contributed by atoms with Gasteiger partial charge in [0.15, 0.2) is 0 Å². The van der Waals surface area contributed by atoms with Crippen molar-refractivity contribution in [1.29, 1.82) is 0 Å². The van der Waals surface area contributed by atoms with Crippen molar-refractivity contribution in [1.82, 2.24) is 4.57 Å². The first kappa shape index (κ1) is 12.0. The molecule has 2 rings (SSSR count). The van der Waals surface area contributed by atoms with Gasteiger partial charge >= 0.3 is 0 Å². The maximum absolute atomic E-state index is 6.01. The van der Waals surface area contributed by atoms with Gasteiger partial charge in [-0.1, -0.05) is 0 Å². The summed E-state index contributed by atoms with van der Waals surface area (Å²) in [6, 6.07) is 8.25. The van der Waals surface area contributed by atoms with Gasteiger partial charge in [-0.3, -0.25) is 0 Å². The zero-order chi connectivity index (χ0) is 12.5. The summed E-state index contributed by atoms with van der Waals surface area (Å²) in [6.45, 7) is 5.06. The average molecular weight is 232 g/mol. The zero-order valence-corrected chi connectivity index (χ0v) is 10.7. The van der Waals surface area contributed by atoms with E-state index in [1.54, 1.807) is 7.11 Å². The van der Waals surface area contributed by atoms with Gasteiger partial charge < -0.3 is 15.0 Å². The van der Waals surface area contributed by atoms with Crippen molar-refractivity contribution < 1.29 is 4.74 Å². The Labute approximate surface area is 102 Å². The van der Waals surface area contributed by atoms with E-state index in [-0.39, 0.29) is 5.54 Å². The Morgan fingerprint density at radius 1 is 1.29 bits per heavy atom. The van der Waals surface area contributed by atoms with Crippen molar-refractivity contribution in [2.24, 2.45) is 5.73 Å². The lowest BCUT2D eigenvalue weighted by atomic mass is 10.0. The van der Waals surface area contributed by atoms with Crippen molar-refractivity contribution in [3.63, 3.8) is 0 Å². The minimum Gasteiger partial charge on any atom is -0.497 e. The summed E-state index contributed by atoms with van der Waals surface area (Å²) in [6.07, 6.45) is 3.07. The molecule has 3 nitrogen and oxygen atoms in total. The van der Waals surface area contributed by atoms with Crippen LogP contribution >= 0.6 is 0 Å². The molecule has 0 bridgehead atoms. The second-order valence-corrected chi connectivity index (χ2v) is 5.17. The van der Waals surface area contributed by atoms with Crippen LogP contribution in [0.25, 0.3) is 10.9 Å². The molecule has 0 amide bonds. The maximum Gasteiger partial charge on any atom is 0.119 e. The highest BCUT2D eigenvalue weighted by molar-refractivity contribution is 5.81. The molecule has 0 unspecified atom stereocenters. The fourth-order valence-corrected chi connectivity index (χ4v) is 1.91. The van der Waals surface area contributed by atoms with E-state index in [0.29, 0.717) is 0 Å². The summed E-state index contributed by atoms with van der Waals surface area (Å²) in [5.41, 5.74) is 7.12. The zero-order valence-electron chi connectivity index (χ0n) is 10.7. The van der Waals surface area contributed by atoms with E-state index in [4.69, 9.17) is 10.5 Å². The molecule has 0 aliphatic rings. The molecule has 0 saturated carbocycles. The van der Waals surface area contributed by atoms with Gasteiger partial charge in [-0.05, 0) is 44.5 Å². The molecule has 17 heavy (non-hydrogen) atoms. The second-order valence-electron chi connectivity index (χ2n) is 5.17. The molecule has 0 atom stereocenters. The normalized spacial score (nSPS) is 12.0. The number of rotatable bonds is 4. The van der Waals surface area contributed by atoms with E-state index in [0.717, 1.165) is 18.7 Å². The van der Waals surface area contributed by atoms with E-state index < -0.39 is 0 Å². The van der Waals surface area contributed by atoms with Crippen LogP contribution in [-0.4, -0.2) is 17.2 Å². The van der Waals surface area contributed by atoms with Crippen molar-refractivity contribution in [2.75, 3.05) is 7.11 Å². The fourth-order valence-electron chi connectivity index (χ4n) is 1.91. The molecule has 1 aromatic heterocycles.